The van der Waals surface area contributed by atoms with Gasteiger partial charge in [-0.25, -0.2) is 0 Å². The molecule has 0 atom stereocenters. The Morgan fingerprint density at radius 1 is 1.00 bits per heavy atom. The molecule has 3 rings (SSSR count). The number of aromatic nitrogens is 1. The Balaban J connectivity index is 1.64. The minimum atomic E-state index is 0.958. The Morgan fingerprint density at radius 3 is 2.64 bits per heavy atom. The van der Waals surface area contributed by atoms with Crippen LogP contribution in [0.15, 0.2) is 54.7 Å². The van der Waals surface area contributed by atoms with Gasteiger partial charge < -0.3 is 15.2 Å². The Hall–Kier alpha value is -2.26. The van der Waals surface area contributed by atoms with Crippen LogP contribution in [-0.2, 0) is 13.0 Å². The first-order valence-electron chi connectivity index (χ1n) is 7.77. The average Bonchev–Trinajstić information content (AvgIpc) is 2.97. The zero-order valence-electron chi connectivity index (χ0n) is 13.3. The number of fused-ring (bicyclic) bond motifs is 1. The zero-order valence-corrected chi connectivity index (χ0v) is 13.3. The van der Waals surface area contributed by atoms with Gasteiger partial charge in [0, 0.05) is 42.9 Å². The third-order valence-corrected chi connectivity index (χ3v) is 4.16. The number of likely N-dealkylation sites (N-methyl/N-ethyl adjacent to an activating group) is 1. The van der Waals surface area contributed by atoms with Crippen LogP contribution in [0.25, 0.3) is 10.9 Å². The van der Waals surface area contributed by atoms with E-state index >= 15 is 0 Å². The Bertz CT molecular complexity index is 745. The average molecular weight is 293 g/mol. The molecule has 2 N–H and O–H groups in total. The van der Waals surface area contributed by atoms with E-state index in [2.05, 4.69) is 77.0 Å². The van der Waals surface area contributed by atoms with Gasteiger partial charge in [-0.15, -0.1) is 0 Å². The van der Waals surface area contributed by atoms with Gasteiger partial charge in [0.15, 0.2) is 0 Å². The molecule has 0 amide bonds. The molecule has 114 valence electrons. The molecular formula is C19H23N3. The number of rotatable bonds is 6. The molecule has 0 aliphatic rings. The van der Waals surface area contributed by atoms with Crippen LogP contribution in [0.2, 0.25) is 0 Å². The van der Waals surface area contributed by atoms with Crippen molar-refractivity contribution in [3.8, 4) is 0 Å². The quantitative estimate of drug-likeness (QED) is 0.722. The highest BCUT2D eigenvalue weighted by Gasteiger charge is 2.07. The first-order chi connectivity index (χ1) is 10.8. The smallest absolute Gasteiger partial charge is 0.0456 e. The summed E-state index contributed by atoms with van der Waals surface area (Å²) in [6, 6.07) is 17.0. The maximum Gasteiger partial charge on any atom is 0.0456 e. The Morgan fingerprint density at radius 2 is 1.77 bits per heavy atom. The summed E-state index contributed by atoms with van der Waals surface area (Å²) in [4.78, 5) is 5.72. The van der Waals surface area contributed by atoms with Gasteiger partial charge in [-0.1, -0.05) is 36.4 Å². The molecule has 0 bridgehead atoms. The number of hydrogen-bond donors (Lipinski definition) is 2. The lowest BCUT2D eigenvalue weighted by atomic mass is 10.1. The van der Waals surface area contributed by atoms with Crippen LogP contribution in [-0.4, -0.2) is 30.5 Å². The van der Waals surface area contributed by atoms with Crippen LogP contribution in [0, 0.1) is 0 Å². The molecule has 3 aromatic rings. The summed E-state index contributed by atoms with van der Waals surface area (Å²) >= 11 is 0. The highest BCUT2D eigenvalue weighted by atomic mass is 15.1. The van der Waals surface area contributed by atoms with Crippen LogP contribution >= 0.6 is 0 Å². The number of anilines is 1. The van der Waals surface area contributed by atoms with Gasteiger partial charge in [-0.2, -0.15) is 0 Å². The fourth-order valence-corrected chi connectivity index (χ4v) is 2.92. The number of nitrogens with one attached hydrogen (secondary N) is 2. The molecule has 3 nitrogen and oxygen atoms in total. The Kier molecular flexibility index (Phi) is 4.45. The van der Waals surface area contributed by atoms with Crippen LogP contribution in [0.1, 0.15) is 11.1 Å². The van der Waals surface area contributed by atoms with Crippen LogP contribution < -0.4 is 5.32 Å². The molecule has 3 heteroatoms. The van der Waals surface area contributed by atoms with E-state index in [0.29, 0.717) is 0 Å². The second kappa shape index (κ2) is 6.67. The monoisotopic (exact) mass is 293 g/mol. The molecule has 1 aromatic heterocycles. The lowest BCUT2D eigenvalue weighted by Crippen LogP contribution is -2.21. The minimum Gasteiger partial charge on any atom is -0.388 e. The summed E-state index contributed by atoms with van der Waals surface area (Å²) in [5, 5.41) is 4.60. The van der Waals surface area contributed by atoms with Gasteiger partial charge in [0.25, 0.3) is 0 Å². The van der Waals surface area contributed by atoms with E-state index in [1.54, 1.807) is 0 Å². The van der Waals surface area contributed by atoms with Gasteiger partial charge in [0.1, 0.15) is 0 Å². The fraction of sp³-hybridized carbons (Fsp3) is 0.263. The summed E-state index contributed by atoms with van der Waals surface area (Å²) in [6.07, 6.45) is 3.20. The largest absolute Gasteiger partial charge is 0.388 e. The molecule has 2 aromatic carbocycles. The maximum absolute atomic E-state index is 3.35. The van der Waals surface area contributed by atoms with Crippen LogP contribution in [0.5, 0.6) is 0 Å². The van der Waals surface area contributed by atoms with Crippen LogP contribution in [0.4, 0.5) is 5.69 Å². The van der Waals surface area contributed by atoms with Gasteiger partial charge in [-0.3, -0.25) is 0 Å². The predicted octanol–water partition coefficient (Wildman–Crippen LogP) is 3.88. The van der Waals surface area contributed by atoms with Gasteiger partial charge in [0.05, 0.1) is 0 Å². The van der Waals surface area contributed by atoms with Crippen molar-refractivity contribution in [1.29, 1.82) is 0 Å². The first kappa shape index (κ1) is 14.7. The van der Waals surface area contributed by atoms with E-state index < -0.39 is 0 Å². The summed E-state index contributed by atoms with van der Waals surface area (Å²) in [7, 11) is 4.16. The molecule has 0 spiro atoms. The second-order valence-corrected chi connectivity index (χ2v) is 5.75. The number of benzene rings is 2. The van der Waals surface area contributed by atoms with Crippen molar-refractivity contribution in [2.75, 3.05) is 26.0 Å². The number of para-hydroxylation sites is 2. The lowest BCUT2D eigenvalue weighted by Gasteiger charge is -2.18. The molecular weight excluding hydrogens is 270 g/mol. The molecule has 0 unspecified atom stereocenters. The molecule has 1 heterocycles. The Labute approximate surface area is 132 Å². The highest BCUT2D eigenvalue weighted by molar-refractivity contribution is 5.83. The summed E-state index contributed by atoms with van der Waals surface area (Å²) in [5.41, 5.74) is 5.16. The van der Waals surface area contributed by atoms with E-state index in [1.807, 2.05) is 7.05 Å². The number of hydrogen-bond acceptors (Lipinski definition) is 2. The van der Waals surface area contributed by atoms with Crippen LogP contribution in [0.3, 0.4) is 0 Å². The fourth-order valence-electron chi connectivity index (χ4n) is 2.92. The standard InChI is InChI=1S/C19H23N3/c1-20-18-9-5-3-7-16(18)14-22(2)12-11-15-13-21-19-10-6-4-8-17(15)19/h3-10,13,20-21H,11-12,14H2,1-2H3. The van der Waals surface area contributed by atoms with Crippen molar-refractivity contribution in [2.24, 2.45) is 0 Å². The molecule has 0 radical (unpaired) electrons. The van der Waals surface area contributed by atoms with Crippen molar-refractivity contribution in [2.45, 2.75) is 13.0 Å². The number of aromatic amines is 1. The third-order valence-electron chi connectivity index (χ3n) is 4.16. The number of H-pyrrole nitrogens is 1. The molecule has 0 saturated carbocycles. The second-order valence-electron chi connectivity index (χ2n) is 5.75. The first-order valence-corrected chi connectivity index (χ1v) is 7.77. The topological polar surface area (TPSA) is 31.1 Å². The van der Waals surface area contributed by atoms with Gasteiger partial charge >= 0.3 is 0 Å². The molecule has 0 aliphatic carbocycles. The van der Waals surface area contributed by atoms with Crippen molar-refractivity contribution >= 4 is 16.6 Å². The van der Waals surface area contributed by atoms with Gasteiger partial charge in [0.2, 0.25) is 0 Å². The van der Waals surface area contributed by atoms with Crippen molar-refractivity contribution in [1.82, 2.24) is 9.88 Å². The van der Waals surface area contributed by atoms with E-state index in [1.165, 1.54) is 27.7 Å². The van der Waals surface area contributed by atoms with Crippen molar-refractivity contribution in [3.05, 3.63) is 65.9 Å². The van der Waals surface area contributed by atoms with Gasteiger partial charge in [-0.05, 0) is 36.7 Å². The lowest BCUT2D eigenvalue weighted by molar-refractivity contribution is 0.332. The normalized spacial score (nSPS) is 11.2. The third kappa shape index (κ3) is 3.15. The maximum atomic E-state index is 3.35. The summed E-state index contributed by atoms with van der Waals surface area (Å²) in [5.74, 6) is 0. The van der Waals surface area contributed by atoms with E-state index in [4.69, 9.17) is 0 Å². The molecule has 0 saturated heterocycles. The van der Waals surface area contributed by atoms with E-state index in [9.17, 15) is 0 Å². The predicted molar refractivity (Wildman–Crippen MR) is 94.3 cm³/mol. The van der Waals surface area contributed by atoms with E-state index in [-0.39, 0.29) is 0 Å². The van der Waals surface area contributed by atoms with E-state index in [0.717, 1.165) is 19.5 Å². The SMILES string of the molecule is CNc1ccccc1CN(C)CCc1c[nH]c2ccccc12. The van der Waals surface area contributed by atoms with Crippen molar-refractivity contribution in [3.63, 3.8) is 0 Å². The summed E-state index contributed by atoms with van der Waals surface area (Å²) < 4.78 is 0. The molecule has 22 heavy (non-hydrogen) atoms. The molecule has 0 fully saturated rings. The minimum absolute atomic E-state index is 0.958. The highest BCUT2D eigenvalue weighted by Crippen LogP contribution is 2.19. The summed E-state index contributed by atoms with van der Waals surface area (Å²) in [6.45, 7) is 2.00. The molecule has 0 aliphatic heterocycles. The zero-order chi connectivity index (χ0) is 15.4. The number of nitrogens with zero attached hydrogens (tertiary/aromatic N) is 1. The van der Waals surface area contributed by atoms with Crippen molar-refractivity contribution < 1.29 is 0 Å².